The van der Waals surface area contributed by atoms with Gasteiger partial charge in [0.2, 0.25) is 0 Å². The normalized spacial score (nSPS) is 23.0. The molecule has 1 atom stereocenters. The third-order valence-corrected chi connectivity index (χ3v) is 6.18. The van der Waals surface area contributed by atoms with Crippen LogP contribution in [-0.2, 0) is 4.74 Å². The van der Waals surface area contributed by atoms with Gasteiger partial charge in [-0.25, -0.2) is 0 Å². The number of ether oxygens (including phenoxy) is 1. The number of carbonyl (C=O) groups is 1. The summed E-state index contributed by atoms with van der Waals surface area (Å²) in [5, 5.41) is 1.02. The van der Waals surface area contributed by atoms with E-state index in [1.54, 1.807) is 13.3 Å². The molecule has 0 bridgehead atoms. The number of benzene rings is 1. The van der Waals surface area contributed by atoms with E-state index in [4.69, 9.17) is 4.74 Å². The van der Waals surface area contributed by atoms with E-state index in [1.807, 2.05) is 35.2 Å². The molecule has 2 aromatic rings. The maximum Gasteiger partial charge on any atom is 0.255 e. The van der Waals surface area contributed by atoms with Gasteiger partial charge in [0.05, 0.1) is 17.7 Å². The predicted molar refractivity (Wildman–Crippen MR) is 102 cm³/mol. The minimum absolute atomic E-state index is 0.109. The summed E-state index contributed by atoms with van der Waals surface area (Å²) in [6.07, 6.45) is 5.04. The smallest absolute Gasteiger partial charge is 0.255 e. The number of likely N-dealkylation sites (tertiary alicyclic amines) is 2. The molecule has 4 rings (SSSR count). The van der Waals surface area contributed by atoms with Crippen LogP contribution in [0, 0.1) is 5.41 Å². The zero-order chi connectivity index (χ0) is 18.1. The molecular formula is C21H27N3O2. The number of amides is 1. The van der Waals surface area contributed by atoms with E-state index in [9.17, 15) is 4.79 Å². The van der Waals surface area contributed by atoms with Gasteiger partial charge in [-0.15, -0.1) is 0 Å². The number of aromatic nitrogens is 1. The Morgan fingerprint density at radius 2 is 2.08 bits per heavy atom. The van der Waals surface area contributed by atoms with Gasteiger partial charge in [-0.05, 0) is 43.9 Å². The van der Waals surface area contributed by atoms with Crippen LogP contribution in [0.2, 0.25) is 0 Å². The lowest BCUT2D eigenvalue weighted by Crippen LogP contribution is -2.44. The van der Waals surface area contributed by atoms with Gasteiger partial charge >= 0.3 is 0 Å². The zero-order valence-corrected chi connectivity index (χ0v) is 15.6. The van der Waals surface area contributed by atoms with Crippen LogP contribution in [0.1, 0.15) is 29.6 Å². The van der Waals surface area contributed by atoms with Crippen molar-refractivity contribution in [3.05, 3.63) is 42.1 Å². The second kappa shape index (κ2) is 6.97. The molecule has 5 heteroatoms. The van der Waals surface area contributed by atoms with Gasteiger partial charge < -0.3 is 14.5 Å². The SMILES string of the molecule is COCC1CC2(CCN(C(=O)c3cnc4ccccc4c3)CC2)CN1C. The summed E-state index contributed by atoms with van der Waals surface area (Å²) in [4.78, 5) is 21.8. The Bertz CT molecular complexity index is 799. The first-order valence-electron chi connectivity index (χ1n) is 9.43. The maximum atomic E-state index is 12.9. The van der Waals surface area contributed by atoms with Gasteiger partial charge in [0, 0.05) is 44.4 Å². The summed E-state index contributed by atoms with van der Waals surface area (Å²) in [7, 11) is 3.97. The van der Waals surface area contributed by atoms with Crippen LogP contribution < -0.4 is 0 Å². The molecule has 2 aliphatic heterocycles. The lowest BCUT2D eigenvalue weighted by molar-refractivity contribution is 0.0592. The fourth-order valence-corrected chi connectivity index (χ4v) is 4.67. The van der Waals surface area contributed by atoms with Gasteiger partial charge in [0.15, 0.2) is 0 Å². The number of piperidine rings is 1. The van der Waals surface area contributed by atoms with Crippen molar-refractivity contribution in [2.24, 2.45) is 5.41 Å². The highest BCUT2D eigenvalue weighted by Crippen LogP contribution is 2.43. The molecule has 26 heavy (non-hydrogen) atoms. The van der Waals surface area contributed by atoms with Crippen molar-refractivity contribution < 1.29 is 9.53 Å². The molecule has 1 spiro atoms. The molecule has 1 aromatic carbocycles. The minimum atomic E-state index is 0.109. The van der Waals surface area contributed by atoms with E-state index in [2.05, 4.69) is 16.9 Å². The monoisotopic (exact) mass is 353 g/mol. The maximum absolute atomic E-state index is 12.9. The van der Waals surface area contributed by atoms with Gasteiger partial charge in [0.1, 0.15) is 0 Å². The van der Waals surface area contributed by atoms with Gasteiger partial charge in [-0.1, -0.05) is 18.2 Å². The van der Waals surface area contributed by atoms with E-state index >= 15 is 0 Å². The predicted octanol–water partition coefficient (Wildman–Crippen LogP) is 2.81. The molecular weight excluding hydrogens is 326 g/mol. The number of nitrogens with zero attached hydrogens (tertiary/aromatic N) is 3. The molecule has 1 unspecified atom stereocenters. The standard InChI is InChI=1S/C21H27N3O2/c1-23-15-21(12-18(23)14-26-2)7-9-24(10-8-21)20(25)17-11-16-5-3-4-6-19(16)22-13-17/h3-6,11,13,18H,7-10,12,14-15H2,1-2H3. The van der Waals surface area contributed by atoms with E-state index < -0.39 is 0 Å². The summed E-state index contributed by atoms with van der Waals surface area (Å²) >= 11 is 0. The van der Waals surface area contributed by atoms with Crippen LogP contribution in [0.25, 0.3) is 10.9 Å². The number of hydrogen-bond donors (Lipinski definition) is 0. The Morgan fingerprint density at radius 1 is 1.31 bits per heavy atom. The number of likely N-dealkylation sites (N-methyl/N-ethyl adjacent to an activating group) is 1. The quantitative estimate of drug-likeness (QED) is 0.851. The number of pyridine rings is 1. The van der Waals surface area contributed by atoms with Gasteiger partial charge in [0.25, 0.3) is 5.91 Å². The molecule has 0 saturated carbocycles. The number of carbonyl (C=O) groups excluding carboxylic acids is 1. The average molecular weight is 353 g/mol. The fraction of sp³-hybridized carbons (Fsp3) is 0.524. The average Bonchev–Trinajstić information content (AvgIpc) is 2.96. The van der Waals surface area contributed by atoms with Gasteiger partial charge in [-0.3, -0.25) is 9.78 Å². The second-order valence-corrected chi connectivity index (χ2v) is 7.94. The van der Waals surface area contributed by atoms with E-state index in [0.29, 0.717) is 17.0 Å². The topological polar surface area (TPSA) is 45.7 Å². The van der Waals surface area contributed by atoms with Crippen LogP contribution >= 0.6 is 0 Å². The van der Waals surface area contributed by atoms with Crippen LogP contribution in [0.4, 0.5) is 0 Å². The zero-order valence-electron chi connectivity index (χ0n) is 15.6. The first kappa shape index (κ1) is 17.4. The molecule has 1 aromatic heterocycles. The molecule has 1 amide bonds. The number of rotatable bonds is 3. The molecule has 2 fully saturated rings. The van der Waals surface area contributed by atoms with E-state index in [-0.39, 0.29) is 5.91 Å². The van der Waals surface area contributed by atoms with E-state index in [1.165, 1.54) is 6.42 Å². The summed E-state index contributed by atoms with van der Waals surface area (Å²) in [5.74, 6) is 0.109. The highest BCUT2D eigenvalue weighted by Gasteiger charge is 2.44. The lowest BCUT2D eigenvalue weighted by Gasteiger charge is -2.39. The van der Waals surface area contributed by atoms with Gasteiger partial charge in [-0.2, -0.15) is 0 Å². The Labute approximate surface area is 154 Å². The highest BCUT2D eigenvalue weighted by atomic mass is 16.5. The third-order valence-electron chi connectivity index (χ3n) is 6.18. The summed E-state index contributed by atoms with van der Waals surface area (Å²) < 4.78 is 5.37. The molecule has 0 radical (unpaired) electrons. The van der Waals surface area contributed by atoms with Crippen LogP contribution in [0.5, 0.6) is 0 Å². The number of para-hydroxylation sites is 1. The highest BCUT2D eigenvalue weighted by molar-refractivity contribution is 5.97. The van der Waals surface area contributed by atoms with E-state index in [0.717, 1.165) is 50.0 Å². The molecule has 3 heterocycles. The molecule has 5 nitrogen and oxygen atoms in total. The Kier molecular flexibility index (Phi) is 4.67. The van der Waals surface area contributed by atoms with Crippen LogP contribution in [-0.4, -0.2) is 67.1 Å². The number of fused-ring (bicyclic) bond motifs is 1. The Hall–Kier alpha value is -1.98. The number of methoxy groups -OCH3 is 1. The number of hydrogen-bond acceptors (Lipinski definition) is 4. The fourth-order valence-electron chi connectivity index (χ4n) is 4.67. The Balaban J connectivity index is 1.43. The Morgan fingerprint density at radius 3 is 2.85 bits per heavy atom. The molecule has 2 saturated heterocycles. The molecule has 138 valence electrons. The second-order valence-electron chi connectivity index (χ2n) is 7.94. The van der Waals surface area contributed by atoms with Crippen molar-refractivity contribution in [1.29, 1.82) is 0 Å². The van der Waals surface area contributed by atoms with Crippen molar-refractivity contribution >= 4 is 16.8 Å². The summed E-state index contributed by atoms with van der Waals surface area (Å²) in [6.45, 7) is 3.57. The third kappa shape index (κ3) is 3.21. The van der Waals surface area contributed by atoms with Crippen LogP contribution in [0.15, 0.2) is 36.5 Å². The molecule has 2 aliphatic rings. The van der Waals surface area contributed by atoms with Crippen molar-refractivity contribution in [3.63, 3.8) is 0 Å². The summed E-state index contributed by atoms with van der Waals surface area (Å²) in [5.41, 5.74) is 1.97. The lowest BCUT2D eigenvalue weighted by atomic mass is 9.76. The molecule has 0 N–H and O–H groups in total. The summed E-state index contributed by atoms with van der Waals surface area (Å²) in [6, 6.07) is 10.4. The first-order chi connectivity index (χ1) is 12.6. The van der Waals surface area contributed by atoms with Crippen molar-refractivity contribution in [3.8, 4) is 0 Å². The molecule has 0 aliphatic carbocycles. The largest absolute Gasteiger partial charge is 0.383 e. The minimum Gasteiger partial charge on any atom is -0.383 e. The first-order valence-corrected chi connectivity index (χ1v) is 9.43. The van der Waals surface area contributed by atoms with Crippen molar-refractivity contribution in [2.45, 2.75) is 25.3 Å². The van der Waals surface area contributed by atoms with Crippen molar-refractivity contribution in [1.82, 2.24) is 14.8 Å². The van der Waals surface area contributed by atoms with Crippen molar-refractivity contribution in [2.75, 3.05) is 40.4 Å². The van der Waals surface area contributed by atoms with Crippen LogP contribution in [0.3, 0.4) is 0 Å².